The molecule has 1 fully saturated rings. The van der Waals surface area contributed by atoms with Crippen LogP contribution < -0.4 is 10.2 Å². The van der Waals surface area contributed by atoms with Gasteiger partial charge >= 0.3 is 0 Å². The average Bonchev–Trinajstić information content (AvgIpc) is 3.21. The first-order valence-electron chi connectivity index (χ1n) is 8.29. The van der Waals surface area contributed by atoms with E-state index in [0.29, 0.717) is 11.7 Å². The van der Waals surface area contributed by atoms with Crippen molar-refractivity contribution in [1.29, 1.82) is 0 Å². The predicted octanol–water partition coefficient (Wildman–Crippen LogP) is 1.64. The highest BCUT2D eigenvalue weighted by Crippen LogP contribution is 2.32. The number of carbonyl (C=O) groups is 1. The van der Waals surface area contributed by atoms with Crippen molar-refractivity contribution in [2.75, 3.05) is 38.1 Å². The number of nitrogens with one attached hydrogen (secondary N) is 1. The molecule has 1 aromatic heterocycles. The molecule has 1 unspecified atom stereocenters. The van der Waals surface area contributed by atoms with Crippen molar-refractivity contribution >= 4 is 24.0 Å². The van der Waals surface area contributed by atoms with E-state index in [2.05, 4.69) is 33.5 Å². The fourth-order valence-corrected chi connectivity index (χ4v) is 3.44. The molecule has 0 aliphatic carbocycles. The van der Waals surface area contributed by atoms with Gasteiger partial charge in [0.15, 0.2) is 5.82 Å². The Morgan fingerprint density at radius 3 is 2.96 bits per heavy atom. The highest BCUT2D eigenvalue weighted by atomic mass is 35.5. The predicted molar refractivity (Wildman–Crippen MR) is 97.0 cm³/mol. The molecule has 0 bridgehead atoms. The summed E-state index contributed by atoms with van der Waals surface area (Å²) in [6, 6.07) is 6.11. The lowest BCUT2D eigenvalue weighted by molar-refractivity contribution is -0.116. The van der Waals surface area contributed by atoms with E-state index in [9.17, 15) is 4.79 Å². The molecule has 1 saturated heterocycles. The topological polar surface area (TPSA) is 74.5 Å². The smallest absolute Gasteiger partial charge is 0.257 e. The molecule has 4 rings (SSSR count). The van der Waals surface area contributed by atoms with Gasteiger partial charge in [-0.15, -0.1) is 12.4 Å². The summed E-state index contributed by atoms with van der Waals surface area (Å²) >= 11 is 0. The Bertz CT molecular complexity index is 778. The monoisotopic (exact) mass is 363 g/mol. The second-order valence-corrected chi connectivity index (χ2v) is 6.42. The lowest BCUT2D eigenvalue weighted by Crippen LogP contribution is -2.44. The lowest BCUT2D eigenvalue weighted by Gasteiger charge is -2.30. The number of rotatable bonds is 2. The van der Waals surface area contributed by atoms with Crippen LogP contribution in [0.1, 0.15) is 24.4 Å². The zero-order chi connectivity index (χ0) is 16.7. The van der Waals surface area contributed by atoms with E-state index < -0.39 is 0 Å². The lowest BCUT2D eigenvalue weighted by atomic mass is 10.1. The van der Waals surface area contributed by atoms with Gasteiger partial charge in [0.1, 0.15) is 0 Å². The first-order chi connectivity index (χ1) is 11.6. The zero-order valence-electron chi connectivity index (χ0n) is 14.4. The molecule has 0 radical (unpaired) electrons. The maximum Gasteiger partial charge on any atom is 0.257 e. The SMILES string of the molecule is CC(=O)N1CCc2cc(-c3nc(C4CNCCN4C)no3)ccc21.Cl. The summed E-state index contributed by atoms with van der Waals surface area (Å²) in [5, 5.41) is 7.53. The van der Waals surface area contributed by atoms with Crippen LogP contribution in [0.5, 0.6) is 0 Å². The van der Waals surface area contributed by atoms with Gasteiger partial charge in [0.2, 0.25) is 5.91 Å². The Labute approximate surface area is 152 Å². The van der Waals surface area contributed by atoms with Crippen LogP contribution in [0.15, 0.2) is 22.7 Å². The molecule has 7 nitrogen and oxygen atoms in total. The number of nitrogens with zero attached hydrogens (tertiary/aromatic N) is 4. The fourth-order valence-electron chi connectivity index (χ4n) is 3.44. The second-order valence-electron chi connectivity index (χ2n) is 6.42. The van der Waals surface area contributed by atoms with Crippen molar-refractivity contribution in [3.63, 3.8) is 0 Å². The Hall–Kier alpha value is -1.96. The van der Waals surface area contributed by atoms with Crippen molar-refractivity contribution in [3.8, 4) is 11.5 Å². The Balaban J connectivity index is 0.00000182. The normalized spacial score (nSPS) is 20.2. The van der Waals surface area contributed by atoms with Crippen molar-refractivity contribution in [1.82, 2.24) is 20.4 Å². The van der Waals surface area contributed by atoms with Crippen LogP contribution in [0, 0.1) is 0 Å². The number of hydrogen-bond donors (Lipinski definition) is 1. The van der Waals surface area contributed by atoms with Gasteiger partial charge in [0.05, 0.1) is 6.04 Å². The molecule has 1 amide bonds. The second kappa shape index (κ2) is 7.11. The van der Waals surface area contributed by atoms with Crippen LogP contribution in [0.25, 0.3) is 11.5 Å². The third-order valence-corrected chi connectivity index (χ3v) is 4.85. The molecule has 2 aliphatic rings. The number of likely N-dealkylation sites (N-methyl/N-ethyl adjacent to an activating group) is 1. The molecule has 8 heteroatoms. The number of anilines is 1. The van der Waals surface area contributed by atoms with Crippen molar-refractivity contribution in [2.24, 2.45) is 0 Å². The molecule has 3 heterocycles. The molecule has 1 aromatic carbocycles. The van der Waals surface area contributed by atoms with Crippen molar-refractivity contribution in [3.05, 3.63) is 29.6 Å². The van der Waals surface area contributed by atoms with Gasteiger partial charge in [0, 0.05) is 44.4 Å². The fraction of sp³-hybridized carbons (Fsp3) is 0.471. The van der Waals surface area contributed by atoms with Crippen LogP contribution in [-0.2, 0) is 11.2 Å². The summed E-state index contributed by atoms with van der Waals surface area (Å²) in [5.41, 5.74) is 3.05. The molecule has 1 atom stereocenters. The maximum absolute atomic E-state index is 11.6. The molecule has 0 saturated carbocycles. The third-order valence-electron chi connectivity index (χ3n) is 4.85. The number of benzene rings is 1. The summed E-state index contributed by atoms with van der Waals surface area (Å²) in [6.45, 7) is 5.11. The van der Waals surface area contributed by atoms with E-state index in [-0.39, 0.29) is 24.4 Å². The number of carbonyl (C=O) groups excluding carboxylic acids is 1. The number of halogens is 1. The van der Waals surface area contributed by atoms with Gasteiger partial charge in [-0.25, -0.2) is 0 Å². The van der Waals surface area contributed by atoms with E-state index in [1.165, 1.54) is 0 Å². The number of fused-ring (bicyclic) bond motifs is 1. The van der Waals surface area contributed by atoms with Crippen LogP contribution in [0.2, 0.25) is 0 Å². The molecular formula is C17H22ClN5O2. The molecule has 0 spiro atoms. The summed E-state index contributed by atoms with van der Waals surface area (Å²) in [6.07, 6.45) is 0.860. The summed E-state index contributed by atoms with van der Waals surface area (Å²) in [7, 11) is 2.08. The summed E-state index contributed by atoms with van der Waals surface area (Å²) in [4.78, 5) is 20.3. The van der Waals surface area contributed by atoms with Gasteiger partial charge in [-0.1, -0.05) is 5.16 Å². The van der Waals surface area contributed by atoms with Crippen molar-refractivity contribution in [2.45, 2.75) is 19.4 Å². The standard InChI is InChI=1S/C17H21N5O2.ClH/c1-11(23)22-7-5-12-9-13(3-4-14(12)22)17-19-16(20-24-17)15-10-18-6-8-21(15)2;/h3-4,9,15,18H,5-8,10H2,1-2H3;1H. The maximum atomic E-state index is 11.6. The zero-order valence-corrected chi connectivity index (χ0v) is 15.2. The number of hydrogen-bond acceptors (Lipinski definition) is 6. The number of piperazine rings is 1. The molecule has 2 aliphatic heterocycles. The van der Waals surface area contributed by atoms with E-state index in [4.69, 9.17) is 4.52 Å². The van der Waals surface area contributed by atoms with E-state index in [1.807, 2.05) is 12.1 Å². The van der Waals surface area contributed by atoms with Crippen LogP contribution in [0.3, 0.4) is 0 Å². The summed E-state index contributed by atoms with van der Waals surface area (Å²) in [5.74, 6) is 1.33. The largest absolute Gasteiger partial charge is 0.334 e. The van der Waals surface area contributed by atoms with Gasteiger partial charge < -0.3 is 14.7 Å². The van der Waals surface area contributed by atoms with Gasteiger partial charge in [-0.2, -0.15) is 4.98 Å². The quantitative estimate of drug-likeness (QED) is 0.874. The minimum atomic E-state index is 0. The number of amides is 1. The van der Waals surface area contributed by atoms with Gasteiger partial charge in [-0.05, 0) is 37.2 Å². The molecule has 134 valence electrons. The van der Waals surface area contributed by atoms with Gasteiger partial charge in [0.25, 0.3) is 5.89 Å². The Morgan fingerprint density at radius 1 is 1.36 bits per heavy atom. The van der Waals surface area contributed by atoms with Crippen LogP contribution >= 0.6 is 12.4 Å². The summed E-state index contributed by atoms with van der Waals surface area (Å²) < 4.78 is 5.49. The van der Waals surface area contributed by atoms with E-state index >= 15 is 0 Å². The third kappa shape index (κ3) is 3.27. The van der Waals surface area contributed by atoms with E-state index in [0.717, 1.165) is 49.4 Å². The average molecular weight is 364 g/mol. The minimum Gasteiger partial charge on any atom is -0.334 e. The van der Waals surface area contributed by atoms with Crippen molar-refractivity contribution < 1.29 is 9.32 Å². The highest BCUT2D eigenvalue weighted by molar-refractivity contribution is 5.94. The Kier molecular flexibility index (Phi) is 5.08. The van der Waals surface area contributed by atoms with Crippen LogP contribution in [-0.4, -0.2) is 54.2 Å². The van der Waals surface area contributed by atoms with E-state index in [1.54, 1.807) is 11.8 Å². The molecular weight excluding hydrogens is 342 g/mol. The van der Waals surface area contributed by atoms with Crippen LogP contribution in [0.4, 0.5) is 5.69 Å². The first-order valence-corrected chi connectivity index (χ1v) is 8.29. The molecule has 1 N–H and O–H groups in total. The highest BCUT2D eigenvalue weighted by Gasteiger charge is 2.27. The first kappa shape index (κ1) is 17.8. The number of aromatic nitrogens is 2. The molecule has 25 heavy (non-hydrogen) atoms. The molecule has 2 aromatic rings. The minimum absolute atomic E-state index is 0. The van der Waals surface area contributed by atoms with Gasteiger partial charge in [-0.3, -0.25) is 9.69 Å². The Morgan fingerprint density at radius 2 is 2.20 bits per heavy atom.